The lowest BCUT2D eigenvalue weighted by atomic mass is 10.1. The van der Waals surface area contributed by atoms with E-state index < -0.39 is 5.91 Å². The van der Waals surface area contributed by atoms with Crippen molar-refractivity contribution in [3.8, 4) is 11.8 Å². The number of rotatable bonds is 6. The molecule has 0 spiro atoms. The molecule has 4 nitrogen and oxygen atoms in total. The van der Waals surface area contributed by atoms with Crippen molar-refractivity contribution in [2.75, 3.05) is 5.32 Å². The van der Waals surface area contributed by atoms with Crippen molar-refractivity contribution in [1.82, 2.24) is 0 Å². The van der Waals surface area contributed by atoms with Crippen LogP contribution in [0.5, 0.6) is 5.75 Å². The predicted octanol–water partition coefficient (Wildman–Crippen LogP) is 6.49. The molecule has 0 unspecified atom stereocenters. The van der Waals surface area contributed by atoms with E-state index in [9.17, 15) is 10.1 Å². The first-order valence-corrected chi connectivity index (χ1v) is 11.0. The molecule has 0 fully saturated rings. The Labute approximate surface area is 197 Å². The average molecular weight is 573 g/mol. The number of nitrogens with zero attached hydrogens (tertiary/aromatic N) is 1. The maximum Gasteiger partial charge on any atom is 0.266 e. The molecule has 0 heterocycles. The van der Waals surface area contributed by atoms with Gasteiger partial charge in [0.1, 0.15) is 24.0 Å². The summed E-state index contributed by atoms with van der Waals surface area (Å²) in [6.07, 6.45) is 1.56. The number of ether oxygens (including phenoxy) is 1. The van der Waals surface area contributed by atoms with E-state index in [-0.39, 0.29) is 5.57 Å². The molecule has 1 N–H and O–H groups in total. The number of hydrogen-bond donors (Lipinski definition) is 1. The highest BCUT2D eigenvalue weighted by atomic mass is 127. The Balaban J connectivity index is 1.76. The van der Waals surface area contributed by atoms with Crippen molar-refractivity contribution < 1.29 is 9.53 Å². The Morgan fingerprint density at radius 1 is 1.17 bits per heavy atom. The molecule has 0 aliphatic rings. The molecule has 6 heteroatoms. The van der Waals surface area contributed by atoms with Crippen LogP contribution in [0.4, 0.5) is 5.69 Å². The first-order valence-electron chi connectivity index (χ1n) is 9.12. The molecule has 0 bridgehead atoms. The molecule has 3 aromatic carbocycles. The number of amides is 1. The van der Waals surface area contributed by atoms with Crippen LogP contribution in [-0.4, -0.2) is 5.91 Å². The van der Waals surface area contributed by atoms with Crippen LogP contribution in [0, 0.1) is 21.8 Å². The van der Waals surface area contributed by atoms with E-state index in [0.29, 0.717) is 12.3 Å². The van der Waals surface area contributed by atoms with E-state index in [1.54, 1.807) is 18.2 Å². The van der Waals surface area contributed by atoms with Crippen LogP contribution in [0.3, 0.4) is 0 Å². The first kappa shape index (κ1) is 22.1. The lowest BCUT2D eigenvalue weighted by Gasteiger charge is -2.12. The van der Waals surface area contributed by atoms with E-state index in [1.165, 1.54) is 5.56 Å². The van der Waals surface area contributed by atoms with Gasteiger partial charge < -0.3 is 10.1 Å². The summed E-state index contributed by atoms with van der Waals surface area (Å²) in [4.78, 5) is 12.4. The number of aryl methyl sites for hydroxylation is 1. The number of carbonyl (C=O) groups excluding carboxylic acids is 1. The summed E-state index contributed by atoms with van der Waals surface area (Å²) in [6, 6.07) is 22.9. The van der Waals surface area contributed by atoms with Crippen molar-refractivity contribution >= 4 is 56.2 Å². The Morgan fingerprint density at radius 2 is 1.87 bits per heavy atom. The van der Waals surface area contributed by atoms with Gasteiger partial charge in [0.15, 0.2) is 0 Å². The van der Waals surface area contributed by atoms with Crippen LogP contribution in [0.25, 0.3) is 6.08 Å². The van der Waals surface area contributed by atoms with Gasteiger partial charge in [0, 0.05) is 5.69 Å². The molecule has 0 aliphatic carbocycles. The van der Waals surface area contributed by atoms with Gasteiger partial charge in [-0.2, -0.15) is 5.26 Å². The van der Waals surface area contributed by atoms with Gasteiger partial charge in [0.05, 0.1) is 8.04 Å². The molecular weight excluding hydrogens is 555 g/mol. The van der Waals surface area contributed by atoms with Gasteiger partial charge in [-0.1, -0.05) is 48.0 Å². The quantitative estimate of drug-likeness (QED) is 0.209. The van der Waals surface area contributed by atoms with Crippen molar-refractivity contribution in [3.05, 3.63) is 97.0 Å². The molecule has 1 amide bonds. The number of benzene rings is 3. The summed E-state index contributed by atoms with van der Waals surface area (Å²) in [5, 5.41) is 12.2. The fourth-order valence-corrected chi connectivity index (χ4v) is 4.44. The molecular formula is C24H18BrIN2O2. The van der Waals surface area contributed by atoms with Crippen LogP contribution in [0.15, 0.2) is 76.8 Å². The Hall–Kier alpha value is -2.63. The topological polar surface area (TPSA) is 62.1 Å². The van der Waals surface area contributed by atoms with Gasteiger partial charge in [-0.15, -0.1) is 0 Å². The van der Waals surface area contributed by atoms with Crippen molar-refractivity contribution in [2.45, 2.75) is 13.5 Å². The molecule has 30 heavy (non-hydrogen) atoms. The van der Waals surface area contributed by atoms with Crippen LogP contribution >= 0.6 is 38.5 Å². The van der Waals surface area contributed by atoms with Crippen LogP contribution in [-0.2, 0) is 11.4 Å². The monoisotopic (exact) mass is 572 g/mol. The molecule has 0 aromatic heterocycles. The largest absolute Gasteiger partial charge is 0.487 e. The normalized spacial score (nSPS) is 10.9. The number of nitrogens with one attached hydrogen (secondary N) is 1. The fraction of sp³-hybridized carbons (Fsp3) is 0.0833. The van der Waals surface area contributed by atoms with E-state index >= 15 is 0 Å². The number of para-hydroxylation sites is 1. The van der Waals surface area contributed by atoms with Crippen LogP contribution in [0.1, 0.15) is 16.7 Å². The minimum absolute atomic E-state index is 0.0230. The maximum atomic E-state index is 12.4. The lowest BCUT2D eigenvalue weighted by molar-refractivity contribution is -0.112. The van der Waals surface area contributed by atoms with E-state index in [1.807, 2.05) is 55.5 Å². The summed E-state index contributed by atoms with van der Waals surface area (Å²) in [7, 11) is 0. The molecule has 0 saturated heterocycles. The Kier molecular flexibility index (Phi) is 7.66. The van der Waals surface area contributed by atoms with Gasteiger partial charge in [0.25, 0.3) is 5.91 Å². The second-order valence-electron chi connectivity index (χ2n) is 6.58. The number of carbonyl (C=O) groups is 1. The molecule has 3 aromatic rings. The second kappa shape index (κ2) is 10.4. The van der Waals surface area contributed by atoms with Gasteiger partial charge in [-0.05, 0) is 86.9 Å². The molecule has 0 saturated carbocycles. The lowest BCUT2D eigenvalue weighted by Crippen LogP contribution is -2.13. The van der Waals surface area contributed by atoms with Gasteiger partial charge >= 0.3 is 0 Å². The second-order valence-corrected chi connectivity index (χ2v) is 8.59. The van der Waals surface area contributed by atoms with E-state index in [4.69, 9.17) is 4.74 Å². The third-order valence-corrected chi connectivity index (χ3v) is 5.62. The highest BCUT2D eigenvalue weighted by Gasteiger charge is 2.13. The van der Waals surface area contributed by atoms with Crippen molar-refractivity contribution in [2.24, 2.45) is 0 Å². The molecule has 0 radical (unpaired) electrons. The van der Waals surface area contributed by atoms with Crippen LogP contribution < -0.4 is 10.1 Å². The highest BCUT2D eigenvalue weighted by molar-refractivity contribution is 14.1. The standard InChI is InChI=1S/C24H18BrIN2O2/c1-16-7-9-17(10-8-16)15-30-23-21(25)12-18(13-22(23)26)11-19(14-27)24(29)28-20-5-3-2-4-6-20/h2-13H,15H2,1H3,(H,28,29)/b19-11-. The smallest absolute Gasteiger partial charge is 0.266 e. The van der Waals surface area contributed by atoms with Crippen molar-refractivity contribution in [3.63, 3.8) is 0 Å². The number of nitriles is 1. The summed E-state index contributed by atoms with van der Waals surface area (Å²) in [5.74, 6) is 0.273. The fourth-order valence-electron chi connectivity index (χ4n) is 2.68. The predicted molar refractivity (Wildman–Crippen MR) is 131 cm³/mol. The third kappa shape index (κ3) is 5.94. The number of halogens is 2. The molecule has 3 rings (SSSR count). The maximum absolute atomic E-state index is 12.4. The Bertz CT molecular complexity index is 1100. The van der Waals surface area contributed by atoms with Gasteiger partial charge in [-0.25, -0.2) is 0 Å². The third-order valence-electron chi connectivity index (χ3n) is 4.23. The SMILES string of the molecule is Cc1ccc(COc2c(Br)cc(/C=C(/C#N)C(=O)Nc3ccccc3)cc2I)cc1. The molecule has 150 valence electrons. The molecule has 0 aliphatic heterocycles. The summed E-state index contributed by atoms with van der Waals surface area (Å²) in [5.41, 5.74) is 3.68. The zero-order valence-electron chi connectivity index (χ0n) is 16.2. The average Bonchev–Trinajstić information content (AvgIpc) is 2.73. The van der Waals surface area contributed by atoms with Crippen LogP contribution in [0.2, 0.25) is 0 Å². The molecule has 0 atom stereocenters. The number of anilines is 1. The van der Waals surface area contributed by atoms with E-state index in [2.05, 4.69) is 56.0 Å². The van der Waals surface area contributed by atoms with Gasteiger partial charge in [0.2, 0.25) is 0 Å². The summed E-state index contributed by atoms with van der Waals surface area (Å²) in [6.45, 7) is 2.50. The van der Waals surface area contributed by atoms with E-state index in [0.717, 1.165) is 24.9 Å². The minimum Gasteiger partial charge on any atom is -0.487 e. The summed E-state index contributed by atoms with van der Waals surface area (Å²) >= 11 is 5.73. The number of hydrogen-bond acceptors (Lipinski definition) is 3. The summed E-state index contributed by atoms with van der Waals surface area (Å²) < 4.78 is 7.62. The van der Waals surface area contributed by atoms with Gasteiger partial charge in [-0.3, -0.25) is 4.79 Å². The highest BCUT2D eigenvalue weighted by Crippen LogP contribution is 2.33. The van der Waals surface area contributed by atoms with Crippen molar-refractivity contribution in [1.29, 1.82) is 5.26 Å². The zero-order chi connectivity index (χ0) is 21.5. The first-order chi connectivity index (χ1) is 14.5. The minimum atomic E-state index is -0.450. The zero-order valence-corrected chi connectivity index (χ0v) is 19.9. The Morgan fingerprint density at radius 3 is 2.50 bits per heavy atom.